The summed E-state index contributed by atoms with van der Waals surface area (Å²) in [6.07, 6.45) is 5.43. The smallest absolute Gasteiger partial charge is 0.338 e. The summed E-state index contributed by atoms with van der Waals surface area (Å²) in [5, 5.41) is 0. The summed E-state index contributed by atoms with van der Waals surface area (Å²) in [4.78, 5) is 46.7. The van der Waals surface area contributed by atoms with Crippen LogP contribution in [0.1, 0.15) is 48.3 Å². The lowest BCUT2D eigenvalue weighted by molar-refractivity contribution is -0.153. The molecule has 6 aliphatic rings. The molecule has 2 aromatic carbocycles. The number of cyclic esters (lactones) is 2. The summed E-state index contributed by atoms with van der Waals surface area (Å²) in [6, 6.07) is 15.9. The zero-order valence-electron chi connectivity index (χ0n) is 23.9. The maximum absolute atomic E-state index is 12.0. The van der Waals surface area contributed by atoms with Crippen molar-refractivity contribution in [3.8, 4) is 0 Å². The molecule has 0 aromatic heterocycles. The quantitative estimate of drug-likeness (QED) is 0.218. The normalized spacial score (nSPS) is 30.7. The van der Waals surface area contributed by atoms with Gasteiger partial charge >= 0.3 is 23.9 Å². The Morgan fingerprint density at radius 2 is 1.00 bits per heavy atom. The molecule has 4 aliphatic heterocycles. The average Bonchev–Trinajstić information content (AvgIpc) is 3.82. The van der Waals surface area contributed by atoms with Crippen molar-refractivity contribution >= 4 is 23.9 Å². The van der Waals surface area contributed by atoms with Gasteiger partial charge in [0, 0.05) is 35.1 Å². The van der Waals surface area contributed by atoms with Gasteiger partial charge in [-0.25, -0.2) is 19.2 Å². The molecule has 4 heterocycles. The van der Waals surface area contributed by atoms with E-state index in [1.54, 1.807) is 26.0 Å². The Kier molecular flexibility index (Phi) is 6.84. The van der Waals surface area contributed by atoms with E-state index in [0.29, 0.717) is 22.3 Å². The van der Waals surface area contributed by atoms with Crippen molar-refractivity contribution in [3.63, 3.8) is 0 Å². The Labute approximate surface area is 252 Å². The predicted molar refractivity (Wildman–Crippen MR) is 151 cm³/mol. The van der Waals surface area contributed by atoms with Gasteiger partial charge in [0.1, 0.15) is 12.2 Å². The summed E-state index contributed by atoms with van der Waals surface area (Å²) in [5.41, 5.74) is 6.51. The first kappa shape index (κ1) is 27.7. The highest BCUT2D eigenvalue weighted by Crippen LogP contribution is 2.48. The van der Waals surface area contributed by atoms with E-state index in [2.05, 4.69) is 0 Å². The molecule has 8 rings (SSSR count). The molecule has 0 unspecified atom stereocenters. The van der Waals surface area contributed by atoms with Crippen molar-refractivity contribution in [2.24, 2.45) is 11.8 Å². The molecule has 2 saturated heterocycles. The first-order valence-electron chi connectivity index (χ1n) is 14.3. The second-order valence-electron chi connectivity index (χ2n) is 11.3. The van der Waals surface area contributed by atoms with Gasteiger partial charge in [-0.15, -0.1) is 0 Å². The molecule has 224 valence electrons. The van der Waals surface area contributed by atoms with Crippen LogP contribution in [0.2, 0.25) is 0 Å². The largest absolute Gasteiger partial charge is 0.458 e. The van der Waals surface area contributed by atoms with E-state index >= 15 is 0 Å². The number of esters is 4. The van der Waals surface area contributed by atoms with Crippen LogP contribution in [0.4, 0.5) is 0 Å². The van der Waals surface area contributed by atoms with Crippen LogP contribution in [0, 0.1) is 11.8 Å². The molecular formula is C34H28O10. The SMILES string of the molecule is CC1=C[C@@H](O/C=C2/C(=O)O[C@H]3c4ccccc4C[C@@H]23)OC1=O.CC1=C[C@H](O/C=C2/C(=O)O[C@@H]3c4ccccc4C[C@H]23)OC1=O. The second kappa shape index (κ2) is 10.9. The lowest BCUT2D eigenvalue weighted by atomic mass is 9.98. The van der Waals surface area contributed by atoms with E-state index in [1.165, 1.54) is 23.7 Å². The van der Waals surface area contributed by atoms with Crippen LogP contribution in [0.15, 0.2) is 95.5 Å². The van der Waals surface area contributed by atoms with Crippen LogP contribution in [0.25, 0.3) is 0 Å². The molecule has 10 heteroatoms. The van der Waals surface area contributed by atoms with Crippen LogP contribution in [0.5, 0.6) is 0 Å². The highest BCUT2D eigenvalue weighted by molar-refractivity contribution is 5.93. The Balaban J connectivity index is 0.000000142. The standard InChI is InChI=1S/2C17H14O5/c2*1-9-6-14(21-16(9)18)20-8-13-12-7-10-4-2-3-5-11(10)15(12)22-17(13)19/h2*2-6,8,12,14-15H,7H2,1H3/b2*13-8+/t2*12-,14-,15-/m10/s1. The fourth-order valence-electron chi connectivity index (χ4n) is 6.32. The number of carbonyl (C=O) groups excluding carboxylic acids is 4. The summed E-state index contributed by atoms with van der Waals surface area (Å²) in [6.45, 7) is 3.32. The lowest BCUT2D eigenvalue weighted by Gasteiger charge is -2.09. The van der Waals surface area contributed by atoms with E-state index < -0.39 is 24.5 Å². The van der Waals surface area contributed by atoms with Crippen LogP contribution in [-0.4, -0.2) is 36.5 Å². The molecule has 0 radical (unpaired) electrons. The Bertz CT molecular complexity index is 1590. The number of fused-ring (bicyclic) bond motifs is 6. The second-order valence-corrected chi connectivity index (χ2v) is 11.3. The minimum absolute atomic E-state index is 0.0351. The van der Waals surface area contributed by atoms with Gasteiger partial charge in [0.15, 0.2) is 0 Å². The van der Waals surface area contributed by atoms with E-state index in [0.717, 1.165) is 24.0 Å². The molecule has 10 nitrogen and oxygen atoms in total. The Hall–Kier alpha value is -5.12. The zero-order chi connectivity index (χ0) is 30.5. The number of carbonyl (C=O) groups is 4. The molecule has 0 spiro atoms. The third-order valence-electron chi connectivity index (χ3n) is 8.59. The molecule has 0 saturated carbocycles. The van der Waals surface area contributed by atoms with E-state index in [-0.39, 0.29) is 36.0 Å². The van der Waals surface area contributed by atoms with E-state index in [1.807, 2.05) is 48.5 Å². The minimum atomic E-state index is -0.768. The topological polar surface area (TPSA) is 124 Å². The minimum Gasteiger partial charge on any atom is -0.458 e. The zero-order valence-corrected chi connectivity index (χ0v) is 23.9. The highest BCUT2D eigenvalue weighted by atomic mass is 16.7. The molecular weight excluding hydrogens is 568 g/mol. The number of hydrogen-bond acceptors (Lipinski definition) is 10. The molecule has 2 aliphatic carbocycles. The van der Waals surface area contributed by atoms with Gasteiger partial charge < -0.3 is 28.4 Å². The van der Waals surface area contributed by atoms with Crippen molar-refractivity contribution in [3.05, 3.63) is 118 Å². The summed E-state index contributed by atoms with van der Waals surface area (Å²) >= 11 is 0. The van der Waals surface area contributed by atoms with Crippen molar-refractivity contribution < 1.29 is 47.6 Å². The predicted octanol–water partition coefficient (Wildman–Crippen LogP) is 4.37. The van der Waals surface area contributed by atoms with Crippen LogP contribution >= 0.6 is 0 Å². The van der Waals surface area contributed by atoms with Crippen LogP contribution in [0.3, 0.4) is 0 Å². The van der Waals surface area contributed by atoms with E-state index in [4.69, 9.17) is 28.4 Å². The number of hydrogen-bond donors (Lipinski definition) is 0. The van der Waals surface area contributed by atoms with Gasteiger partial charge in [-0.3, -0.25) is 0 Å². The Morgan fingerprint density at radius 3 is 1.39 bits per heavy atom. The van der Waals surface area contributed by atoms with Crippen LogP contribution < -0.4 is 0 Å². The lowest BCUT2D eigenvalue weighted by Crippen LogP contribution is -2.11. The molecule has 6 atom stereocenters. The van der Waals surface area contributed by atoms with Gasteiger partial charge in [-0.05, 0) is 48.9 Å². The maximum Gasteiger partial charge on any atom is 0.338 e. The summed E-state index contributed by atoms with van der Waals surface area (Å²) in [5.74, 6) is -1.60. The molecule has 0 bridgehead atoms. The third kappa shape index (κ3) is 4.86. The van der Waals surface area contributed by atoms with Crippen molar-refractivity contribution in [2.45, 2.75) is 51.5 Å². The fraction of sp³-hybridized carbons (Fsp3) is 0.294. The molecule has 2 aromatic rings. The fourth-order valence-corrected chi connectivity index (χ4v) is 6.32. The van der Waals surface area contributed by atoms with Gasteiger partial charge in [-0.1, -0.05) is 48.5 Å². The summed E-state index contributed by atoms with van der Waals surface area (Å²) in [7, 11) is 0. The molecule has 0 N–H and O–H groups in total. The third-order valence-corrected chi connectivity index (χ3v) is 8.59. The van der Waals surface area contributed by atoms with E-state index in [9.17, 15) is 19.2 Å². The van der Waals surface area contributed by atoms with Gasteiger partial charge in [0.05, 0.1) is 23.7 Å². The van der Waals surface area contributed by atoms with Gasteiger partial charge in [0.2, 0.25) is 0 Å². The monoisotopic (exact) mass is 596 g/mol. The molecule has 2 fully saturated rings. The average molecular weight is 597 g/mol. The number of rotatable bonds is 4. The van der Waals surface area contributed by atoms with Gasteiger partial charge in [0.25, 0.3) is 12.6 Å². The Morgan fingerprint density at radius 1 is 0.591 bits per heavy atom. The van der Waals surface area contributed by atoms with Crippen molar-refractivity contribution in [2.75, 3.05) is 0 Å². The molecule has 0 amide bonds. The first-order chi connectivity index (χ1) is 21.3. The summed E-state index contributed by atoms with van der Waals surface area (Å²) < 4.78 is 31.8. The number of ether oxygens (including phenoxy) is 6. The highest BCUT2D eigenvalue weighted by Gasteiger charge is 2.47. The molecule has 44 heavy (non-hydrogen) atoms. The first-order valence-corrected chi connectivity index (χ1v) is 14.3. The van der Waals surface area contributed by atoms with Gasteiger partial charge in [-0.2, -0.15) is 0 Å². The van der Waals surface area contributed by atoms with Crippen molar-refractivity contribution in [1.29, 1.82) is 0 Å². The maximum atomic E-state index is 12.0. The number of benzene rings is 2. The van der Waals surface area contributed by atoms with Crippen LogP contribution in [-0.2, 0) is 60.4 Å². The van der Waals surface area contributed by atoms with Crippen molar-refractivity contribution in [1.82, 2.24) is 0 Å².